The number of nitrogens with zero attached hydrogens (tertiary/aromatic N) is 2. The molecule has 0 aliphatic rings. The molecule has 0 N–H and O–H groups in total. The number of furan rings is 1. The van der Waals surface area contributed by atoms with Crippen molar-refractivity contribution in [2.24, 2.45) is 0 Å². The van der Waals surface area contributed by atoms with E-state index in [0.717, 1.165) is 22.4 Å². The number of ether oxygens (including phenoxy) is 1. The molecule has 17 heavy (non-hydrogen) atoms. The summed E-state index contributed by atoms with van der Waals surface area (Å²) in [7, 11) is 0. The minimum Gasteiger partial charge on any atom is -0.483 e. The lowest BCUT2D eigenvalue weighted by molar-refractivity contribution is 0.300. The van der Waals surface area contributed by atoms with Crippen molar-refractivity contribution in [3.8, 4) is 5.75 Å². The maximum absolute atomic E-state index is 5.65. The van der Waals surface area contributed by atoms with Gasteiger partial charge in [0.2, 0.25) is 0 Å². The van der Waals surface area contributed by atoms with Crippen LogP contribution in [0.1, 0.15) is 5.69 Å². The number of hydrogen-bond acceptors (Lipinski definition) is 4. The molecule has 0 unspecified atom stereocenters. The van der Waals surface area contributed by atoms with Gasteiger partial charge in [-0.25, -0.2) is 0 Å². The Morgan fingerprint density at radius 2 is 2.12 bits per heavy atom. The van der Waals surface area contributed by atoms with Crippen molar-refractivity contribution in [3.63, 3.8) is 0 Å². The molecule has 0 bridgehead atoms. The Hall–Kier alpha value is -2.36. The first-order chi connectivity index (χ1) is 8.43. The highest BCUT2D eigenvalue weighted by Crippen LogP contribution is 2.27. The molecule has 0 fully saturated rings. The van der Waals surface area contributed by atoms with E-state index in [2.05, 4.69) is 9.97 Å². The maximum Gasteiger partial charge on any atom is 0.165 e. The number of para-hydroxylation sites is 1. The van der Waals surface area contributed by atoms with E-state index in [9.17, 15) is 0 Å². The van der Waals surface area contributed by atoms with Gasteiger partial charge in [0.1, 0.15) is 18.5 Å². The predicted octanol–water partition coefficient (Wildman–Crippen LogP) is 2.80. The molecule has 4 nitrogen and oxygen atoms in total. The zero-order valence-electron chi connectivity index (χ0n) is 9.04. The molecule has 0 aliphatic heterocycles. The van der Waals surface area contributed by atoms with Crippen LogP contribution in [0.4, 0.5) is 0 Å². The quantitative estimate of drug-likeness (QED) is 0.689. The van der Waals surface area contributed by atoms with Gasteiger partial charge in [0, 0.05) is 12.4 Å². The molecule has 2 heterocycles. The van der Waals surface area contributed by atoms with E-state index < -0.39 is 0 Å². The fourth-order valence-corrected chi connectivity index (χ4v) is 1.62. The average molecular weight is 226 g/mol. The fraction of sp³-hybridized carbons (Fsp3) is 0.0769. The van der Waals surface area contributed by atoms with Crippen molar-refractivity contribution >= 4 is 11.0 Å². The molecule has 0 amide bonds. The highest BCUT2D eigenvalue weighted by Gasteiger charge is 2.06. The molecule has 4 heteroatoms. The Labute approximate surface area is 97.9 Å². The SMILES string of the molecule is c1ccc2c(OCc3cnccn3)coc2c1. The molecule has 0 atom stereocenters. The number of fused-ring (bicyclic) bond motifs is 1. The Kier molecular flexibility index (Phi) is 2.46. The van der Waals surface area contributed by atoms with Gasteiger partial charge in [0.25, 0.3) is 0 Å². The molecule has 0 radical (unpaired) electrons. The summed E-state index contributed by atoms with van der Waals surface area (Å²) in [4.78, 5) is 8.12. The van der Waals surface area contributed by atoms with Crippen molar-refractivity contribution in [1.29, 1.82) is 0 Å². The van der Waals surface area contributed by atoms with Crippen LogP contribution in [-0.2, 0) is 6.61 Å². The number of hydrogen-bond donors (Lipinski definition) is 0. The maximum atomic E-state index is 5.65. The van der Waals surface area contributed by atoms with Crippen LogP contribution in [0.5, 0.6) is 5.75 Å². The minimum absolute atomic E-state index is 0.386. The Balaban J connectivity index is 1.82. The first kappa shape index (κ1) is 9.84. The van der Waals surface area contributed by atoms with Crippen molar-refractivity contribution in [3.05, 3.63) is 54.8 Å². The molecular weight excluding hydrogens is 216 g/mol. The topological polar surface area (TPSA) is 48.2 Å². The Morgan fingerprint density at radius 3 is 3.00 bits per heavy atom. The number of aromatic nitrogens is 2. The first-order valence-corrected chi connectivity index (χ1v) is 5.27. The second-order valence-electron chi connectivity index (χ2n) is 3.58. The lowest BCUT2D eigenvalue weighted by atomic mass is 10.2. The zero-order valence-corrected chi connectivity index (χ0v) is 9.04. The predicted molar refractivity (Wildman–Crippen MR) is 62.6 cm³/mol. The van der Waals surface area contributed by atoms with E-state index >= 15 is 0 Å². The third kappa shape index (κ3) is 1.97. The van der Waals surface area contributed by atoms with E-state index in [1.807, 2.05) is 24.3 Å². The lowest BCUT2D eigenvalue weighted by Crippen LogP contribution is -1.97. The average Bonchev–Trinajstić information content (AvgIpc) is 2.81. The van der Waals surface area contributed by atoms with Gasteiger partial charge in [-0.2, -0.15) is 0 Å². The monoisotopic (exact) mass is 226 g/mol. The molecule has 3 aromatic rings. The molecular formula is C13H10N2O2. The molecule has 0 spiro atoms. The summed E-state index contributed by atoms with van der Waals surface area (Å²) in [6.45, 7) is 0.386. The van der Waals surface area contributed by atoms with Crippen molar-refractivity contribution in [2.45, 2.75) is 6.61 Å². The van der Waals surface area contributed by atoms with Gasteiger partial charge in [-0.1, -0.05) is 12.1 Å². The Bertz CT molecular complexity index is 619. The van der Waals surface area contributed by atoms with Crippen molar-refractivity contribution in [1.82, 2.24) is 9.97 Å². The minimum atomic E-state index is 0.386. The summed E-state index contributed by atoms with van der Waals surface area (Å²) in [5.41, 5.74) is 1.61. The fourth-order valence-electron chi connectivity index (χ4n) is 1.62. The molecule has 2 aromatic heterocycles. The zero-order chi connectivity index (χ0) is 11.5. The summed E-state index contributed by atoms with van der Waals surface area (Å²) in [5, 5.41) is 0.969. The van der Waals surface area contributed by atoms with Gasteiger partial charge in [0.05, 0.1) is 17.3 Å². The summed E-state index contributed by atoms with van der Waals surface area (Å²) in [5.74, 6) is 0.728. The van der Waals surface area contributed by atoms with Gasteiger partial charge in [-0.05, 0) is 12.1 Å². The summed E-state index contributed by atoms with van der Waals surface area (Å²) < 4.78 is 11.0. The normalized spacial score (nSPS) is 10.6. The highest BCUT2D eigenvalue weighted by atomic mass is 16.5. The van der Waals surface area contributed by atoms with E-state index in [-0.39, 0.29) is 0 Å². The first-order valence-electron chi connectivity index (χ1n) is 5.27. The van der Waals surface area contributed by atoms with Crippen LogP contribution >= 0.6 is 0 Å². The van der Waals surface area contributed by atoms with Crippen LogP contribution in [-0.4, -0.2) is 9.97 Å². The third-order valence-corrected chi connectivity index (χ3v) is 2.44. The van der Waals surface area contributed by atoms with Gasteiger partial charge in [-0.15, -0.1) is 0 Å². The van der Waals surface area contributed by atoms with Crippen LogP contribution in [0.15, 0.2) is 53.5 Å². The molecule has 0 saturated heterocycles. The molecule has 0 aliphatic carbocycles. The molecule has 84 valence electrons. The van der Waals surface area contributed by atoms with E-state index in [4.69, 9.17) is 9.15 Å². The van der Waals surface area contributed by atoms with E-state index in [0.29, 0.717) is 6.61 Å². The standard InChI is InChI=1S/C13H10N2O2/c1-2-4-12-11(3-1)13(9-17-12)16-8-10-7-14-5-6-15-10/h1-7,9H,8H2. The molecule has 3 rings (SSSR count). The molecule has 1 aromatic carbocycles. The van der Waals surface area contributed by atoms with Crippen LogP contribution in [0.3, 0.4) is 0 Å². The Morgan fingerprint density at radius 1 is 1.18 bits per heavy atom. The second kappa shape index (κ2) is 4.25. The van der Waals surface area contributed by atoms with Crippen LogP contribution in [0.25, 0.3) is 11.0 Å². The number of benzene rings is 1. The van der Waals surface area contributed by atoms with E-state index in [1.54, 1.807) is 24.9 Å². The summed E-state index contributed by atoms with van der Waals surface area (Å²) in [6.07, 6.45) is 6.58. The van der Waals surface area contributed by atoms with Crippen LogP contribution < -0.4 is 4.74 Å². The van der Waals surface area contributed by atoms with Crippen molar-refractivity contribution in [2.75, 3.05) is 0 Å². The third-order valence-electron chi connectivity index (χ3n) is 2.44. The lowest BCUT2D eigenvalue weighted by Gasteiger charge is -2.02. The summed E-state index contributed by atoms with van der Waals surface area (Å²) in [6, 6.07) is 7.75. The van der Waals surface area contributed by atoms with Crippen molar-refractivity contribution < 1.29 is 9.15 Å². The van der Waals surface area contributed by atoms with Gasteiger partial charge in [0.15, 0.2) is 5.75 Å². The van der Waals surface area contributed by atoms with E-state index in [1.165, 1.54) is 0 Å². The second-order valence-corrected chi connectivity index (χ2v) is 3.58. The smallest absolute Gasteiger partial charge is 0.165 e. The van der Waals surface area contributed by atoms with Crippen LogP contribution in [0, 0.1) is 0 Å². The van der Waals surface area contributed by atoms with Gasteiger partial charge < -0.3 is 9.15 Å². The number of rotatable bonds is 3. The summed E-state index contributed by atoms with van der Waals surface area (Å²) >= 11 is 0. The largest absolute Gasteiger partial charge is 0.483 e. The molecule has 0 saturated carbocycles. The van der Waals surface area contributed by atoms with Gasteiger partial charge >= 0.3 is 0 Å². The highest BCUT2D eigenvalue weighted by molar-refractivity contribution is 5.83. The van der Waals surface area contributed by atoms with Crippen LogP contribution in [0.2, 0.25) is 0 Å². The van der Waals surface area contributed by atoms with Gasteiger partial charge in [-0.3, -0.25) is 9.97 Å².